The molecule has 5 aliphatic rings. The summed E-state index contributed by atoms with van der Waals surface area (Å²) in [6, 6.07) is 6.26. The summed E-state index contributed by atoms with van der Waals surface area (Å²) in [6.07, 6.45) is 8.97. The lowest BCUT2D eigenvalue weighted by Crippen LogP contribution is -2.47. The molecule has 5 unspecified atom stereocenters. The van der Waals surface area contributed by atoms with Gasteiger partial charge < -0.3 is 14.5 Å². The monoisotopic (exact) mass is 715 g/mol. The Morgan fingerprint density at radius 1 is 1.10 bits per heavy atom. The summed E-state index contributed by atoms with van der Waals surface area (Å²) >= 11 is 6.25. The summed E-state index contributed by atoms with van der Waals surface area (Å²) in [7, 11) is -3.83. The topological polar surface area (TPSA) is 149 Å². The van der Waals surface area contributed by atoms with E-state index in [4.69, 9.17) is 21.2 Å². The Bertz CT molecular complexity index is 1680. The zero-order chi connectivity index (χ0) is 35.2. The number of hydrogen-bond acceptors (Lipinski definition) is 9. The second kappa shape index (κ2) is 13.5. The lowest BCUT2D eigenvalue weighted by Gasteiger charge is -2.29. The first kappa shape index (κ1) is 35.6. The van der Waals surface area contributed by atoms with Crippen LogP contribution < -0.4 is 4.72 Å². The number of sulfonamides is 1. The molecule has 3 fully saturated rings. The minimum Gasteiger partial charge on any atom is -0.460 e. The molecule has 2 saturated carbocycles. The third kappa shape index (κ3) is 8.06. The van der Waals surface area contributed by atoms with Crippen molar-refractivity contribution in [3.05, 3.63) is 47.0 Å². The number of allylic oxidation sites excluding steroid dienone is 2. The molecule has 1 saturated heterocycles. The van der Waals surface area contributed by atoms with E-state index in [1.807, 2.05) is 24.3 Å². The summed E-state index contributed by atoms with van der Waals surface area (Å²) < 4.78 is 33.5. The third-order valence-electron chi connectivity index (χ3n) is 10.3. The van der Waals surface area contributed by atoms with Crippen LogP contribution in [-0.2, 0) is 38.8 Å². The van der Waals surface area contributed by atoms with Gasteiger partial charge in [-0.25, -0.2) is 8.42 Å². The minimum absolute atomic E-state index is 0.0687. The van der Waals surface area contributed by atoms with E-state index in [2.05, 4.69) is 9.88 Å². The van der Waals surface area contributed by atoms with Crippen LogP contribution in [0.2, 0.25) is 5.02 Å². The van der Waals surface area contributed by atoms with Gasteiger partial charge >= 0.3 is 5.97 Å². The van der Waals surface area contributed by atoms with Crippen molar-refractivity contribution < 1.29 is 37.2 Å². The molecule has 1 aromatic rings. The molecule has 11 nitrogen and oxygen atoms in total. The highest BCUT2D eigenvalue weighted by atomic mass is 35.5. The van der Waals surface area contributed by atoms with Crippen molar-refractivity contribution in [2.45, 2.75) is 120 Å². The van der Waals surface area contributed by atoms with E-state index in [9.17, 15) is 27.6 Å². The standard InChI is InChI=1S/C36H46ClN3O8S/c1-34(2,3)47-31(42)17-24-10-7-5-4-6-8-12-25-18-36(25,33(44)39-49(45,46)27-14-15-27)21-30(41)29-20-35(22-40(29)32(24)43)19-28(38-48-35)23-11-9-13-26(37)16-23/h8-9,11-13,16,24-25,27,29H,4-7,10,14-15,17-22H2,1-3H3,(H,39,44)/b12-8-. The molecule has 3 aliphatic heterocycles. The van der Waals surface area contributed by atoms with Gasteiger partial charge in [0.05, 0.1) is 35.4 Å². The Morgan fingerprint density at radius 2 is 1.88 bits per heavy atom. The molecule has 0 radical (unpaired) electrons. The first-order valence-corrected chi connectivity index (χ1v) is 19.3. The summed E-state index contributed by atoms with van der Waals surface area (Å²) in [5, 5.41) is 4.32. The average Bonchev–Trinajstić information content (AvgIpc) is 3.92. The molecule has 5 atom stereocenters. The zero-order valence-electron chi connectivity index (χ0n) is 28.4. The number of fused-ring (bicyclic) bond motifs is 2. The van der Waals surface area contributed by atoms with Gasteiger partial charge in [0.15, 0.2) is 11.4 Å². The second-order valence-electron chi connectivity index (χ2n) is 15.5. The van der Waals surface area contributed by atoms with E-state index in [0.29, 0.717) is 49.3 Å². The first-order valence-electron chi connectivity index (χ1n) is 17.4. The number of esters is 1. The summed E-state index contributed by atoms with van der Waals surface area (Å²) in [4.78, 5) is 63.3. The number of oxime groups is 1. The van der Waals surface area contributed by atoms with Crippen molar-refractivity contribution in [1.82, 2.24) is 9.62 Å². The normalized spacial score (nSPS) is 31.5. The number of carbonyl (C=O) groups excluding carboxylic acids is 4. The fraction of sp³-hybridized carbons (Fsp3) is 0.639. The quantitative estimate of drug-likeness (QED) is 0.310. The number of nitrogens with one attached hydrogen (secondary N) is 1. The number of amides is 2. The maximum Gasteiger partial charge on any atom is 0.307 e. The number of halogens is 1. The maximum atomic E-state index is 14.5. The Hall–Kier alpha value is -3.25. The van der Waals surface area contributed by atoms with Crippen molar-refractivity contribution in [2.24, 2.45) is 22.4 Å². The van der Waals surface area contributed by atoms with Crippen LogP contribution in [0.5, 0.6) is 0 Å². The van der Waals surface area contributed by atoms with Crippen LogP contribution in [0.3, 0.4) is 0 Å². The van der Waals surface area contributed by atoms with E-state index in [1.165, 1.54) is 4.90 Å². The van der Waals surface area contributed by atoms with Gasteiger partial charge in [-0.1, -0.05) is 53.9 Å². The van der Waals surface area contributed by atoms with E-state index in [0.717, 1.165) is 24.8 Å². The number of hydrogen-bond donors (Lipinski definition) is 1. The van der Waals surface area contributed by atoms with Gasteiger partial charge in [-0.2, -0.15) is 0 Å². The van der Waals surface area contributed by atoms with Gasteiger partial charge in [-0.15, -0.1) is 0 Å². The fourth-order valence-corrected chi connectivity index (χ4v) is 9.05. The average molecular weight is 716 g/mol. The smallest absolute Gasteiger partial charge is 0.307 e. The molecule has 49 heavy (non-hydrogen) atoms. The molecule has 13 heteroatoms. The molecule has 2 amide bonds. The van der Waals surface area contributed by atoms with Crippen molar-refractivity contribution in [1.29, 1.82) is 0 Å². The molecule has 266 valence electrons. The minimum atomic E-state index is -3.83. The third-order valence-corrected chi connectivity index (χ3v) is 12.4. The van der Waals surface area contributed by atoms with E-state index < -0.39 is 55.7 Å². The molecule has 1 spiro atoms. The Balaban J connectivity index is 1.30. The highest BCUT2D eigenvalue weighted by Gasteiger charge is 2.63. The predicted octanol–water partition coefficient (Wildman–Crippen LogP) is 5.25. The number of rotatable bonds is 6. The van der Waals surface area contributed by atoms with E-state index >= 15 is 0 Å². The van der Waals surface area contributed by atoms with E-state index in [1.54, 1.807) is 32.9 Å². The van der Waals surface area contributed by atoms with Gasteiger partial charge in [0, 0.05) is 35.8 Å². The first-order chi connectivity index (χ1) is 23.1. The molecule has 1 N–H and O–H groups in total. The van der Waals surface area contributed by atoms with Gasteiger partial charge in [0.2, 0.25) is 21.8 Å². The molecule has 3 heterocycles. The molecule has 2 aliphatic carbocycles. The Morgan fingerprint density at radius 3 is 2.59 bits per heavy atom. The Labute approximate surface area is 293 Å². The van der Waals surface area contributed by atoms with Gasteiger partial charge in [-0.05, 0) is 77.3 Å². The molecule has 6 rings (SSSR count). The summed E-state index contributed by atoms with van der Waals surface area (Å²) in [5.41, 5.74) is -1.53. The van der Waals surface area contributed by atoms with Gasteiger partial charge in [-0.3, -0.25) is 23.9 Å². The second-order valence-corrected chi connectivity index (χ2v) is 17.9. The lowest BCUT2D eigenvalue weighted by molar-refractivity contribution is -0.159. The van der Waals surface area contributed by atoms with Crippen LogP contribution in [-0.4, -0.2) is 71.6 Å². The largest absolute Gasteiger partial charge is 0.460 e. The number of ether oxygens (including phenoxy) is 1. The van der Waals surface area contributed by atoms with Crippen LogP contribution in [0.25, 0.3) is 0 Å². The zero-order valence-corrected chi connectivity index (χ0v) is 30.0. The highest BCUT2D eigenvalue weighted by Crippen LogP contribution is 2.57. The lowest BCUT2D eigenvalue weighted by atomic mass is 9.87. The number of ketones is 1. The molecule has 0 bridgehead atoms. The van der Waals surface area contributed by atoms with Gasteiger partial charge in [0.25, 0.3) is 0 Å². The van der Waals surface area contributed by atoms with Crippen LogP contribution in [0, 0.1) is 17.3 Å². The SMILES string of the molecule is CC(C)(C)OC(=O)CC1CCCCC/C=C\C2CC2(C(=O)NS(=O)(=O)C2CC2)CC(=O)C2CC3(CC(c4cccc(Cl)c4)=NO3)CN2C1=O. The van der Waals surface area contributed by atoms with E-state index in [-0.39, 0.29) is 43.4 Å². The van der Waals surface area contributed by atoms with Crippen LogP contribution in [0.1, 0.15) is 103 Å². The fourth-order valence-electron chi connectivity index (χ4n) is 7.48. The number of nitrogens with zero attached hydrogens (tertiary/aromatic N) is 2. The molecular weight excluding hydrogens is 670 g/mol. The predicted molar refractivity (Wildman–Crippen MR) is 183 cm³/mol. The molecule has 0 aromatic heterocycles. The van der Waals surface area contributed by atoms with Crippen LogP contribution in [0.15, 0.2) is 41.6 Å². The van der Waals surface area contributed by atoms with Gasteiger partial charge in [0.1, 0.15) is 5.60 Å². The summed E-state index contributed by atoms with van der Waals surface area (Å²) in [5.74, 6) is -2.84. The van der Waals surface area contributed by atoms with Crippen LogP contribution in [0.4, 0.5) is 0 Å². The van der Waals surface area contributed by atoms with Crippen molar-refractivity contribution >= 4 is 50.9 Å². The highest BCUT2D eigenvalue weighted by molar-refractivity contribution is 7.90. The maximum absolute atomic E-state index is 14.5. The van der Waals surface area contributed by atoms with Crippen molar-refractivity contribution in [3.8, 4) is 0 Å². The van der Waals surface area contributed by atoms with Crippen LogP contribution >= 0.6 is 11.6 Å². The Kier molecular flexibility index (Phi) is 9.78. The van der Waals surface area contributed by atoms with Crippen molar-refractivity contribution in [3.63, 3.8) is 0 Å². The number of carbonyl (C=O) groups is 4. The molecular formula is C36H46ClN3O8S. The number of benzene rings is 1. The molecule has 1 aromatic carbocycles. The van der Waals surface area contributed by atoms with Crippen molar-refractivity contribution in [2.75, 3.05) is 6.54 Å². The number of Topliss-reactive ketones (excluding diaryl/α,β-unsaturated/α-hetero) is 1. The summed E-state index contributed by atoms with van der Waals surface area (Å²) in [6.45, 7) is 5.39.